The van der Waals surface area contributed by atoms with Crippen molar-refractivity contribution in [1.82, 2.24) is 0 Å². The topological polar surface area (TPSA) is 26.3 Å². The first-order chi connectivity index (χ1) is 5.27. The zero-order valence-corrected chi connectivity index (χ0v) is 8.32. The summed E-state index contributed by atoms with van der Waals surface area (Å²) in [6.07, 6.45) is 0. The summed E-state index contributed by atoms with van der Waals surface area (Å²) in [6, 6.07) is 12.0. The Labute approximate surface area is 80.3 Å². The molecule has 0 bridgehead atoms. The van der Waals surface area contributed by atoms with E-state index in [4.69, 9.17) is 0 Å². The maximum atomic E-state index is 9.58. The fourth-order valence-corrected chi connectivity index (χ4v) is 0.385. The summed E-state index contributed by atoms with van der Waals surface area (Å²) < 4.78 is 4.08. The van der Waals surface area contributed by atoms with E-state index in [1.165, 1.54) is 29.9 Å². The predicted molar refractivity (Wildman–Crippen MR) is 52.2 cm³/mol. The van der Waals surface area contributed by atoms with Crippen LogP contribution in [0.2, 0.25) is 0 Å². The minimum absolute atomic E-state index is 0.259. The fraction of sp³-hybridized carbons (Fsp3) is 0.125. The highest BCUT2D eigenvalue weighted by Gasteiger charge is 1.78. The molecule has 0 heterocycles. The SMILES string of the molecule is CC(=O)OI.c1ccccc1. The van der Waals surface area contributed by atoms with Crippen molar-refractivity contribution in [3.8, 4) is 0 Å². The normalized spacial score (nSPS) is 7.45. The van der Waals surface area contributed by atoms with Gasteiger partial charge < -0.3 is 3.07 Å². The molecule has 0 saturated heterocycles. The van der Waals surface area contributed by atoms with Crippen molar-refractivity contribution < 1.29 is 7.86 Å². The number of hydrogen-bond acceptors (Lipinski definition) is 2. The molecular weight excluding hydrogens is 255 g/mol. The zero-order chi connectivity index (χ0) is 8.53. The summed E-state index contributed by atoms with van der Waals surface area (Å²) >= 11 is 1.53. The summed E-state index contributed by atoms with van der Waals surface area (Å²) in [6.45, 7) is 1.35. The Kier molecular flexibility index (Phi) is 7.13. The molecule has 0 N–H and O–H groups in total. The monoisotopic (exact) mass is 264 g/mol. The summed E-state index contributed by atoms with van der Waals surface area (Å²) in [7, 11) is 0. The molecule has 3 heteroatoms. The van der Waals surface area contributed by atoms with E-state index < -0.39 is 0 Å². The number of benzene rings is 1. The van der Waals surface area contributed by atoms with E-state index in [-0.39, 0.29) is 5.97 Å². The third-order valence-electron chi connectivity index (χ3n) is 0.775. The molecule has 2 nitrogen and oxygen atoms in total. The highest BCUT2D eigenvalue weighted by Crippen LogP contribution is 1.82. The molecule has 0 aliphatic rings. The van der Waals surface area contributed by atoms with Crippen LogP contribution in [-0.4, -0.2) is 5.97 Å². The van der Waals surface area contributed by atoms with Crippen LogP contribution in [0.4, 0.5) is 0 Å². The van der Waals surface area contributed by atoms with Crippen molar-refractivity contribution in [2.75, 3.05) is 0 Å². The zero-order valence-electron chi connectivity index (χ0n) is 6.16. The van der Waals surface area contributed by atoms with Gasteiger partial charge in [-0.05, 0) is 0 Å². The van der Waals surface area contributed by atoms with Crippen LogP contribution in [0, 0.1) is 0 Å². The van der Waals surface area contributed by atoms with Gasteiger partial charge in [0.1, 0.15) is 0 Å². The van der Waals surface area contributed by atoms with Crippen molar-refractivity contribution in [3.63, 3.8) is 0 Å². The second kappa shape index (κ2) is 7.53. The molecule has 0 radical (unpaired) electrons. The predicted octanol–water partition coefficient (Wildman–Crippen LogP) is 2.59. The van der Waals surface area contributed by atoms with E-state index in [2.05, 4.69) is 3.07 Å². The van der Waals surface area contributed by atoms with Crippen molar-refractivity contribution in [1.29, 1.82) is 0 Å². The average Bonchev–Trinajstić information content (AvgIpc) is 2.09. The Bertz CT molecular complexity index is 160. The van der Waals surface area contributed by atoms with E-state index in [1.807, 2.05) is 36.4 Å². The molecule has 1 aromatic rings. The smallest absolute Gasteiger partial charge is 0.312 e. The lowest BCUT2D eigenvalue weighted by molar-refractivity contribution is -0.128. The van der Waals surface area contributed by atoms with E-state index in [1.54, 1.807) is 0 Å². The molecule has 0 saturated carbocycles. The van der Waals surface area contributed by atoms with E-state index in [0.29, 0.717) is 0 Å². The van der Waals surface area contributed by atoms with Crippen LogP contribution in [0.5, 0.6) is 0 Å². The summed E-state index contributed by atoms with van der Waals surface area (Å²) in [5, 5.41) is 0. The van der Waals surface area contributed by atoms with E-state index in [0.717, 1.165) is 0 Å². The van der Waals surface area contributed by atoms with Crippen LogP contribution in [-0.2, 0) is 7.86 Å². The van der Waals surface area contributed by atoms with E-state index >= 15 is 0 Å². The second-order valence-electron chi connectivity index (χ2n) is 1.72. The summed E-state index contributed by atoms with van der Waals surface area (Å²) in [5.41, 5.74) is 0. The van der Waals surface area contributed by atoms with Gasteiger partial charge in [0, 0.05) is 6.92 Å². The van der Waals surface area contributed by atoms with Crippen LogP contribution in [0.25, 0.3) is 0 Å². The lowest BCUT2D eigenvalue weighted by Gasteiger charge is -1.76. The summed E-state index contributed by atoms with van der Waals surface area (Å²) in [4.78, 5) is 9.58. The van der Waals surface area contributed by atoms with Gasteiger partial charge in [-0.3, -0.25) is 4.79 Å². The van der Waals surface area contributed by atoms with Crippen molar-refractivity contribution >= 4 is 29.0 Å². The van der Waals surface area contributed by atoms with Gasteiger partial charge in [0.2, 0.25) is 0 Å². The van der Waals surface area contributed by atoms with Gasteiger partial charge in [-0.1, -0.05) is 36.4 Å². The standard InChI is InChI=1S/C6H6.C2H3IO2/c1-2-4-6-5-3-1;1-2(4)5-3/h1-6H;1H3. The van der Waals surface area contributed by atoms with Crippen LogP contribution in [0.1, 0.15) is 6.92 Å². The third-order valence-corrected chi connectivity index (χ3v) is 1.40. The van der Waals surface area contributed by atoms with Crippen molar-refractivity contribution in [2.24, 2.45) is 0 Å². The molecule has 0 aliphatic carbocycles. The highest BCUT2D eigenvalue weighted by atomic mass is 127. The first-order valence-corrected chi connectivity index (χ1v) is 3.94. The molecule has 0 unspecified atom stereocenters. The molecule has 0 aromatic heterocycles. The maximum absolute atomic E-state index is 9.58. The molecule has 60 valence electrons. The highest BCUT2D eigenvalue weighted by molar-refractivity contribution is 14.1. The molecule has 0 spiro atoms. The first-order valence-electron chi connectivity index (χ1n) is 3.06. The van der Waals surface area contributed by atoms with Crippen LogP contribution >= 0.6 is 23.0 Å². The van der Waals surface area contributed by atoms with Crippen LogP contribution in [0.3, 0.4) is 0 Å². The van der Waals surface area contributed by atoms with Gasteiger partial charge in [-0.2, -0.15) is 0 Å². The van der Waals surface area contributed by atoms with Gasteiger partial charge >= 0.3 is 5.97 Å². The number of rotatable bonds is 0. The lowest BCUT2D eigenvalue weighted by atomic mass is 10.4. The molecule has 1 aromatic carbocycles. The Morgan fingerprint density at radius 2 is 1.27 bits per heavy atom. The van der Waals surface area contributed by atoms with E-state index in [9.17, 15) is 4.79 Å². The lowest BCUT2D eigenvalue weighted by Crippen LogP contribution is -1.81. The Morgan fingerprint density at radius 3 is 1.36 bits per heavy atom. The van der Waals surface area contributed by atoms with Crippen LogP contribution in [0.15, 0.2) is 36.4 Å². The van der Waals surface area contributed by atoms with Gasteiger partial charge in [0.15, 0.2) is 23.0 Å². The number of halogens is 1. The van der Waals surface area contributed by atoms with Gasteiger partial charge in [0.05, 0.1) is 0 Å². The minimum Gasteiger partial charge on any atom is -0.395 e. The Balaban J connectivity index is 0.000000187. The molecule has 0 amide bonds. The van der Waals surface area contributed by atoms with Gasteiger partial charge in [-0.25, -0.2) is 0 Å². The van der Waals surface area contributed by atoms with Gasteiger partial charge in [0.25, 0.3) is 0 Å². The number of carbonyl (C=O) groups is 1. The van der Waals surface area contributed by atoms with Crippen molar-refractivity contribution in [3.05, 3.63) is 36.4 Å². The maximum Gasteiger partial charge on any atom is 0.312 e. The quantitative estimate of drug-likeness (QED) is 0.673. The molecular formula is C8H9IO2. The minimum atomic E-state index is -0.259. The molecule has 0 fully saturated rings. The fourth-order valence-electron chi connectivity index (χ4n) is 0.385. The summed E-state index contributed by atoms with van der Waals surface area (Å²) in [5.74, 6) is -0.259. The molecule has 11 heavy (non-hydrogen) atoms. The van der Waals surface area contributed by atoms with Crippen molar-refractivity contribution in [2.45, 2.75) is 6.92 Å². The number of hydrogen-bond donors (Lipinski definition) is 0. The molecule has 1 rings (SSSR count). The van der Waals surface area contributed by atoms with Crippen LogP contribution < -0.4 is 0 Å². The average molecular weight is 264 g/mol. The molecule has 0 atom stereocenters. The Morgan fingerprint density at radius 1 is 1.09 bits per heavy atom. The largest absolute Gasteiger partial charge is 0.395 e. The third kappa shape index (κ3) is 9.42. The first kappa shape index (κ1) is 10.4. The Hall–Kier alpha value is -0.580. The second-order valence-corrected chi connectivity index (χ2v) is 2.16. The number of carbonyl (C=O) groups excluding carboxylic acids is 1. The van der Waals surface area contributed by atoms with Gasteiger partial charge in [-0.15, -0.1) is 0 Å². The molecule has 0 aliphatic heterocycles.